The highest BCUT2D eigenvalue weighted by molar-refractivity contribution is 7.11. The van der Waals surface area contributed by atoms with Crippen molar-refractivity contribution in [1.29, 1.82) is 5.26 Å². The first-order valence-electron chi connectivity index (χ1n) is 3.87. The van der Waals surface area contributed by atoms with Crippen molar-refractivity contribution in [3.05, 3.63) is 16.1 Å². The number of aromatic nitrogens is 1. The van der Waals surface area contributed by atoms with E-state index in [0.29, 0.717) is 4.88 Å². The first-order valence-corrected chi connectivity index (χ1v) is 4.75. The summed E-state index contributed by atoms with van der Waals surface area (Å²) < 4.78 is 0. The fourth-order valence-corrected chi connectivity index (χ4v) is 1.70. The Morgan fingerprint density at radius 2 is 2.62 bits per heavy atom. The van der Waals surface area contributed by atoms with E-state index in [4.69, 9.17) is 5.26 Å². The maximum absolute atomic E-state index is 11.4. The van der Waals surface area contributed by atoms with Gasteiger partial charge in [-0.1, -0.05) is 6.92 Å². The van der Waals surface area contributed by atoms with Crippen molar-refractivity contribution >= 4 is 17.2 Å². The fraction of sp³-hybridized carbons (Fsp3) is 0.375. The summed E-state index contributed by atoms with van der Waals surface area (Å²) in [5, 5.41) is 10.7. The second kappa shape index (κ2) is 4.58. The summed E-state index contributed by atoms with van der Waals surface area (Å²) in [6.45, 7) is 1.98. The van der Waals surface area contributed by atoms with Crippen LogP contribution >= 0.6 is 11.3 Å². The van der Waals surface area contributed by atoms with Gasteiger partial charge in [-0.2, -0.15) is 5.26 Å². The molecule has 4 nitrogen and oxygen atoms in total. The predicted molar refractivity (Wildman–Crippen MR) is 49.4 cm³/mol. The van der Waals surface area contributed by atoms with Crippen molar-refractivity contribution < 1.29 is 4.79 Å². The van der Waals surface area contributed by atoms with E-state index >= 15 is 0 Å². The Morgan fingerprint density at radius 1 is 1.85 bits per heavy atom. The zero-order valence-electron chi connectivity index (χ0n) is 7.20. The lowest BCUT2D eigenvalue weighted by atomic mass is 10.3. The number of carbonyl (C=O) groups excluding carboxylic acids is 1. The minimum Gasteiger partial charge on any atom is -0.338 e. The molecule has 0 aliphatic heterocycles. The molecule has 0 spiro atoms. The van der Waals surface area contributed by atoms with E-state index in [1.165, 1.54) is 11.3 Å². The van der Waals surface area contributed by atoms with Crippen molar-refractivity contribution in [1.82, 2.24) is 10.3 Å². The van der Waals surface area contributed by atoms with Gasteiger partial charge in [0.25, 0.3) is 5.91 Å². The Kier molecular flexibility index (Phi) is 3.41. The third-order valence-corrected chi connectivity index (χ3v) is 2.38. The number of nitriles is 1. The molecule has 0 saturated heterocycles. The van der Waals surface area contributed by atoms with Crippen molar-refractivity contribution in [2.45, 2.75) is 13.3 Å². The quantitative estimate of drug-likeness (QED) is 0.730. The summed E-state index contributed by atoms with van der Waals surface area (Å²) in [4.78, 5) is 16.0. The summed E-state index contributed by atoms with van der Waals surface area (Å²) in [7, 11) is 0. The van der Waals surface area contributed by atoms with Crippen LogP contribution in [0.15, 0.2) is 5.51 Å². The van der Waals surface area contributed by atoms with Gasteiger partial charge < -0.3 is 5.32 Å². The molecular weight excluding hydrogens is 186 g/mol. The van der Waals surface area contributed by atoms with E-state index in [0.717, 1.165) is 12.1 Å². The van der Waals surface area contributed by atoms with Crippen LogP contribution in [0.3, 0.4) is 0 Å². The van der Waals surface area contributed by atoms with E-state index in [1.807, 2.05) is 13.0 Å². The van der Waals surface area contributed by atoms with Gasteiger partial charge in [0.1, 0.15) is 11.4 Å². The van der Waals surface area contributed by atoms with E-state index in [-0.39, 0.29) is 12.5 Å². The number of amides is 1. The van der Waals surface area contributed by atoms with Crippen LogP contribution in [-0.2, 0) is 6.42 Å². The van der Waals surface area contributed by atoms with E-state index in [2.05, 4.69) is 10.3 Å². The van der Waals surface area contributed by atoms with Gasteiger partial charge in [-0.05, 0) is 6.42 Å². The van der Waals surface area contributed by atoms with Crippen LogP contribution in [0.5, 0.6) is 0 Å². The maximum Gasteiger partial charge on any atom is 0.264 e. The lowest BCUT2D eigenvalue weighted by Gasteiger charge is -1.98. The lowest BCUT2D eigenvalue weighted by Crippen LogP contribution is -2.23. The van der Waals surface area contributed by atoms with Crippen LogP contribution in [0, 0.1) is 11.3 Å². The number of nitrogens with one attached hydrogen (secondary N) is 1. The molecule has 0 aliphatic carbocycles. The average molecular weight is 195 g/mol. The standard InChI is InChI=1S/C8H9N3OS/c1-2-6-7(13-5-11-6)8(12)10-4-3-9/h5H,2,4H2,1H3,(H,10,12). The van der Waals surface area contributed by atoms with Crippen molar-refractivity contribution in [3.8, 4) is 6.07 Å². The molecule has 0 aromatic carbocycles. The van der Waals surface area contributed by atoms with Crippen molar-refractivity contribution in [2.24, 2.45) is 0 Å². The molecule has 1 heterocycles. The van der Waals surface area contributed by atoms with Crippen LogP contribution in [0.4, 0.5) is 0 Å². The Bertz CT molecular complexity index is 339. The van der Waals surface area contributed by atoms with Crippen LogP contribution < -0.4 is 5.32 Å². The number of rotatable bonds is 3. The predicted octanol–water partition coefficient (Wildman–Crippen LogP) is 0.959. The number of thiazole rings is 1. The highest BCUT2D eigenvalue weighted by Gasteiger charge is 2.11. The van der Waals surface area contributed by atoms with E-state index < -0.39 is 0 Å². The molecule has 0 unspecified atom stereocenters. The Morgan fingerprint density at radius 3 is 3.23 bits per heavy atom. The van der Waals surface area contributed by atoms with Gasteiger partial charge in [0.05, 0.1) is 17.3 Å². The van der Waals surface area contributed by atoms with Crippen molar-refractivity contribution in [2.75, 3.05) is 6.54 Å². The highest BCUT2D eigenvalue weighted by Crippen LogP contribution is 2.13. The molecule has 1 aromatic heterocycles. The zero-order chi connectivity index (χ0) is 9.68. The minimum absolute atomic E-state index is 0.0416. The summed E-state index contributed by atoms with van der Waals surface area (Å²) in [5.41, 5.74) is 2.43. The smallest absolute Gasteiger partial charge is 0.264 e. The summed E-state index contributed by atoms with van der Waals surface area (Å²) in [5.74, 6) is -0.207. The molecule has 0 bridgehead atoms. The summed E-state index contributed by atoms with van der Waals surface area (Å²) >= 11 is 1.30. The molecule has 0 radical (unpaired) electrons. The first kappa shape index (κ1) is 9.68. The van der Waals surface area contributed by atoms with Crippen LogP contribution in [-0.4, -0.2) is 17.4 Å². The van der Waals surface area contributed by atoms with E-state index in [1.54, 1.807) is 5.51 Å². The average Bonchev–Trinajstić information content (AvgIpc) is 2.61. The summed E-state index contributed by atoms with van der Waals surface area (Å²) in [6, 6.07) is 1.85. The van der Waals surface area contributed by atoms with Crippen molar-refractivity contribution in [3.63, 3.8) is 0 Å². The molecule has 68 valence electrons. The topological polar surface area (TPSA) is 65.8 Å². The monoisotopic (exact) mass is 195 g/mol. The SMILES string of the molecule is CCc1ncsc1C(=O)NCC#N. The molecule has 13 heavy (non-hydrogen) atoms. The fourth-order valence-electron chi connectivity index (χ4n) is 0.906. The first-order chi connectivity index (χ1) is 6.29. The molecule has 0 aliphatic rings. The normalized spacial score (nSPS) is 9.23. The molecule has 0 atom stereocenters. The van der Waals surface area contributed by atoms with E-state index in [9.17, 15) is 4.79 Å². The Balaban J connectivity index is 2.71. The number of hydrogen-bond acceptors (Lipinski definition) is 4. The van der Waals surface area contributed by atoms with Crippen LogP contribution in [0.1, 0.15) is 22.3 Å². The third kappa shape index (κ3) is 2.26. The molecule has 0 fully saturated rings. The maximum atomic E-state index is 11.4. The van der Waals surface area contributed by atoms with Gasteiger partial charge in [0.2, 0.25) is 0 Å². The molecule has 1 amide bonds. The van der Waals surface area contributed by atoms with Crippen LogP contribution in [0.2, 0.25) is 0 Å². The Hall–Kier alpha value is -1.41. The zero-order valence-corrected chi connectivity index (χ0v) is 8.02. The third-order valence-electron chi connectivity index (χ3n) is 1.51. The molecule has 1 N–H and O–H groups in total. The van der Waals surface area contributed by atoms with Gasteiger partial charge in [-0.15, -0.1) is 11.3 Å². The lowest BCUT2D eigenvalue weighted by molar-refractivity contribution is 0.0961. The molecule has 1 aromatic rings. The van der Waals surface area contributed by atoms with Gasteiger partial charge in [0.15, 0.2) is 0 Å². The minimum atomic E-state index is -0.207. The summed E-state index contributed by atoms with van der Waals surface area (Å²) in [6.07, 6.45) is 0.735. The van der Waals surface area contributed by atoms with Gasteiger partial charge in [-0.25, -0.2) is 4.98 Å². The largest absolute Gasteiger partial charge is 0.338 e. The van der Waals surface area contributed by atoms with Crippen LogP contribution in [0.25, 0.3) is 0 Å². The number of hydrogen-bond donors (Lipinski definition) is 1. The molecule has 5 heteroatoms. The van der Waals surface area contributed by atoms with Gasteiger partial charge in [-0.3, -0.25) is 4.79 Å². The molecular formula is C8H9N3OS. The van der Waals surface area contributed by atoms with Gasteiger partial charge >= 0.3 is 0 Å². The molecule has 1 rings (SSSR count). The van der Waals surface area contributed by atoms with Gasteiger partial charge in [0, 0.05) is 0 Å². The number of nitrogens with zero attached hydrogens (tertiary/aromatic N) is 2. The number of aryl methyl sites for hydroxylation is 1. The second-order valence-electron chi connectivity index (χ2n) is 2.32. The highest BCUT2D eigenvalue weighted by atomic mass is 32.1. The number of carbonyl (C=O) groups is 1. The second-order valence-corrected chi connectivity index (χ2v) is 3.18. The molecule has 0 saturated carbocycles. The Labute approximate surface area is 80.2 Å².